The summed E-state index contributed by atoms with van der Waals surface area (Å²) in [6, 6.07) is 5.14. The first-order valence-electron chi connectivity index (χ1n) is 7.86. The van der Waals surface area contributed by atoms with Gasteiger partial charge < -0.3 is 10.6 Å². The van der Waals surface area contributed by atoms with Crippen LogP contribution in [0.4, 0.5) is 4.39 Å². The highest BCUT2D eigenvalue weighted by molar-refractivity contribution is 5.79. The lowest BCUT2D eigenvalue weighted by molar-refractivity contribution is -0.127. The highest BCUT2D eigenvalue weighted by Gasteiger charge is 2.33. The first-order chi connectivity index (χ1) is 10.1. The average Bonchev–Trinajstić information content (AvgIpc) is 2.40. The first-order valence-corrected chi connectivity index (χ1v) is 7.86. The zero-order valence-corrected chi connectivity index (χ0v) is 12.7. The van der Waals surface area contributed by atoms with Crippen LogP contribution in [0.3, 0.4) is 0 Å². The molecule has 114 valence electrons. The Morgan fingerprint density at radius 1 is 1.43 bits per heavy atom. The number of hydrogen-bond acceptors (Lipinski definition) is 2. The van der Waals surface area contributed by atoms with E-state index >= 15 is 0 Å². The molecule has 0 saturated carbocycles. The number of benzene rings is 1. The maximum absolute atomic E-state index is 13.9. The molecule has 0 radical (unpaired) electrons. The second-order valence-corrected chi connectivity index (χ2v) is 6.52. The molecule has 0 aromatic heterocycles. The van der Waals surface area contributed by atoms with Gasteiger partial charge in [-0.05, 0) is 55.0 Å². The Balaban J connectivity index is 1.78. The van der Waals surface area contributed by atoms with Crippen LogP contribution in [0, 0.1) is 23.6 Å². The standard InChI is InChI=1S/C17H23FN2O/c1-10-6-7-13-14(4-3-5-15(13)18)16(10)20-17(21)11(2)12-8-19-9-12/h3-5,10-12,16,19H,6-9H2,1-2H3,(H,20,21). The lowest BCUT2D eigenvalue weighted by Crippen LogP contribution is -2.50. The van der Waals surface area contributed by atoms with Crippen molar-refractivity contribution in [2.24, 2.45) is 17.8 Å². The van der Waals surface area contributed by atoms with Crippen molar-refractivity contribution in [1.82, 2.24) is 10.6 Å². The second-order valence-electron chi connectivity index (χ2n) is 6.52. The summed E-state index contributed by atoms with van der Waals surface area (Å²) < 4.78 is 13.9. The molecule has 1 heterocycles. The Hall–Kier alpha value is -1.42. The number of hydrogen-bond donors (Lipinski definition) is 2. The van der Waals surface area contributed by atoms with Crippen molar-refractivity contribution in [1.29, 1.82) is 0 Å². The Morgan fingerprint density at radius 2 is 2.19 bits per heavy atom. The zero-order chi connectivity index (χ0) is 15.0. The van der Waals surface area contributed by atoms with Crippen molar-refractivity contribution in [2.75, 3.05) is 13.1 Å². The molecule has 2 aliphatic rings. The van der Waals surface area contributed by atoms with E-state index in [1.807, 2.05) is 13.0 Å². The molecule has 1 aliphatic heterocycles. The Morgan fingerprint density at radius 3 is 2.86 bits per heavy atom. The Bertz CT molecular complexity index is 542. The molecule has 1 saturated heterocycles. The molecule has 21 heavy (non-hydrogen) atoms. The van der Waals surface area contributed by atoms with Gasteiger partial charge in [-0.3, -0.25) is 4.79 Å². The van der Waals surface area contributed by atoms with Crippen molar-refractivity contribution in [3.63, 3.8) is 0 Å². The number of nitrogens with one attached hydrogen (secondary N) is 2. The highest BCUT2D eigenvalue weighted by Crippen LogP contribution is 2.35. The first kappa shape index (κ1) is 14.5. The minimum Gasteiger partial charge on any atom is -0.349 e. The van der Waals surface area contributed by atoms with Gasteiger partial charge in [0, 0.05) is 5.92 Å². The second kappa shape index (κ2) is 5.76. The van der Waals surface area contributed by atoms with Crippen molar-refractivity contribution in [2.45, 2.75) is 32.7 Å². The van der Waals surface area contributed by atoms with E-state index < -0.39 is 0 Å². The highest BCUT2D eigenvalue weighted by atomic mass is 19.1. The largest absolute Gasteiger partial charge is 0.349 e. The molecule has 0 spiro atoms. The van der Waals surface area contributed by atoms with Crippen molar-refractivity contribution in [3.05, 3.63) is 35.1 Å². The van der Waals surface area contributed by atoms with Gasteiger partial charge in [-0.2, -0.15) is 0 Å². The number of halogens is 1. The Kier molecular flexibility index (Phi) is 3.98. The molecule has 1 aliphatic carbocycles. The summed E-state index contributed by atoms with van der Waals surface area (Å²) in [6.45, 7) is 5.95. The zero-order valence-electron chi connectivity index (χ0n) is 12.7. The van der Waals surface area contributed by atoms with Crippen LogP contribution in [0.15, 0.2) is 18.2 Å². The summed E-state index contributed by atoms with van der Waals surface area (Å²) in [5, 5.41) is 6.37. The van der Waals surface area contributed by atoms with E-state index in [0.717, 1.165) is 37.1 Å². The lowest BCUT2D eigenvalue weighted by Gasteiger charge is -2.36. The van der Waals surface area contributed by atoms with Crippen LogP contribution in [-0.4, -0.2) is 19.0 Å². The topological polar surface area (TPSA) is 41.1 Å². The molecule has 3 nitrogen and oxygen atoms in total. The van der Waals surface area contributed by atoms with Gasteiger partial charge in [0.05, 0.1) is 6.04 Å². The summed E-state index contributed by atoms with van der Waals surface area (Å²) in [6.07, 6.45) is 1.68. The van der Waals surface area contributed by atoms with Gasteiger partial charge >= 0.3 is 0 Å². The van der Waals surface area contributed by atoms with E-state index in [2.05, 4.69) is 17.6 Å². The molecular weight excluding hydrogens is 267 g/mol. The number of rotatable bonds is 3. The fraction of sp³-hybridized carbons (Fsp3) is 0.588. The fourth-order valence-corrected chi connectivity index (χ4v) is 3.36. The van der Waals surface area contributed by atoms with Crippen LogP contribution < -0.4 is 10.6 Å². The fourth-order valence-electron chi connectivity index (χ4n) is 3.36. The van der Waals surface area contributed by atoms with Gasteiger partial charge in [0.1, 0.15) is 5.82 Å². The molecule has 1 fully saturated rings. The van der Waals surface area contributed by atoms with E-state index in [-0.39, 0.29) is 23.7 Å². The molecule has 1 amide bonds. The normalized spacial score (nSPS) is 26.6. The van der Waals surface area contributed by atoms with E-state index in [1.165, 1.54) is 6.07 Å². The monoisotopic (exact) mass is 290 g/mol. The summed E-state index contributed by atoms with van der Waals surface area (Å²) in [7, 11) is 0. The van der Waals surface area contributed by atoms with Gasteiger partial charge in [0.15, 0.2) is 0 Å². The SMILES string of the molecule is CC1CCc2c(F)cccc2C1NC(=O)C(C)C1CNC1. The van der Waals surface area contributed by atoms with Crippen LogP contribution >= 0.6 is 0 Å². The quantitative estimate of drug-likeness (QED) is 0.897. The van der Waals surface area contributed by atoms with Gasteiger partial charge in [0.25, 0.3) is 0 Å². The third-order valence-corrected chi connectivity index (χ3v) is 5.14. The van der Waals surface area contributed by atoms with Gasteiger partial charge in [-0.1, -0.05) is 26.0 Å². The predicted molar refractivity (Wildman–Crippen MR) is 80.3 cm³/mol. The third-order valence-electron chi connectivity index (χ3n) is 5.14. The minimum atomic E-state index is -0.144. The molecule has 0 bridgehead atoms. The summed E-state index contributed by atoms with van der Waals surface area (Å²) in [5.74, 6) is 0.730. The van der Waals surface area contributed by atoms with Crippen LogP contribution in [0.5, 0.6) is 0 Å². The minimum absolute atomic E-state index is 0.0115. The molecule has 4 heteroatoms. The van der Waals surface area contributed by atoms with Crippen molar-refractivity contribution < 1.29 is 9.18 Å². The Labute approximate surface area is 125 Å². The van der Waals surface area contributed by atoms with Crippen molar-refractivity contribution >= 4 is 5.91 Å². The van der Waals surface area contributed by atoms with Crippen LogP contribution in [0.2, 0.25) is 0 Å². The number of carbonyl (C=O) groups excluding carboxylic acids is 1. The smallest absolute Gasteiger partial charge is 0.223 e. The predicted octanol–water partition coefficient (Wildman–Crippen LogP) is 2.42. The molecule has 3 atom stereocenters. The number of fused-ring (bicyclic) bond motifs is 1. The maximum atomic E-state index is 13.9. The van der Waals surface area contributed by atoms with Gasteiger partial charge in [-0.25, -0.2) is 4.39 Å². The van der Waals surface area contributed by atoms with Gasteiger partial charge in [0.2, 0.25) is 5.91 Å². The van der Waals surface area contributed by atoms with Crippen molar-refractivity contribution in [3.8, 4) is 0 Å². The number of carbonyl (C=O) groups is 1. The van der Waals surface area contributed by atoms with E-state index in [9.17, 15) is 9.18 Å². The molecule has 1 aromatic carbocycles. The maximum Gasteiger partial charge on any atom is 0.223 e. The number of amides is 1. The summed E-state index contributed by atoms with van der Waals surface area (Å²) >= 11 is 0. The molecule has 1 aromatic rings. The third kappa shape index (κ3) is 2.69. The summed E-state index contributed by atoms with van der Waals surface area (Å²) in [4.78, 5) is 12.5. The van der Waals surface area contributed by atoms with Gasteiger partial charge in [-0.15, -0.1) is 0 Å². The molecule has 3 rings (SSSR count). The van der Waals surface area contributed by atoms with E-state index in [0.29, 0.717) is 11.8 Å². The lowest BCUT2D eigenvalue weighted by atomic mass is 9.79. The van der Waals surface area contributed by atoms with Crippen LogP contribution in [0.1, 0.15) is 37.4 Å². The molecular formula is C17H23FN2O. The molecule has 2 N–H and O–H groups in total. The van der Waals surface area contributed by atoms with Crippen LogP contribution in [0.25, 0.3) is 0 Å². The molecule has 3 unspecified atom stereocenters. The van der Waals surface area contributed by atoms with E-state index in [4.69, 9.17) is 0 Å². The van der Waals surface area contributed by atoms with E-state index in [1.54, 1.807) is 6.07 Å². The summed E-state index contributed by atoms with van der Waals surface area (Å²) in [5.41, 5.74) is 1.74. The van der Waals surface area contributed by atoms with Crippen LogP contribution in [-0.2, 0) is 11.2 Å². The average molecular weight is 290 g/mol.